The summed E-state index contributed by atoms with van der Waals surface area (Å²) in [6.45, 7) is 7.61. The van der Waals surface area contributed by atoms with Gasteiger partial charge in [-0.2, -0.15) is 0 Å². The Labute approximate surface area is 127 Å². The van der Waals surface area contributed by atoms with Crippen LogP contribution >= 0.6 is 0 Å². The van der Waals surface area contributed by atoms with E-state index in [1.165, 1.54) is 6.42 Å². The molecule has 2 heterocycles. The average Bonchev–Trinajstić information content (AvgIpc) is 2.75. The van der Waals surface area contributed by atoms with Crippen LogP contribution in [0.2, 0.25) is 0 Å². The molecule has 0 aromatic rings. The third kappa shape index (κ3) is 5.28. The van der Waals surface area contributed by atoms with Crippen LogP contribution in [0.15, 0.2) is 0 Å². The number of hydrogen-bond acceptors (Lipinski definition) is 4. The molecule has 21 heavy (non-hydrogen) atoms. The topological polar surface area (TPSA) is 64.7 Å². The highest BCUT2D eigenvalue weighted by molar-refractivity contribution is 5.88. The minimum Gasteiger partial charge on any atom is -0.343 e. The van der Waals surface area contributed by atoms with Crippen molar-refractivity contribution in [2.24, 2.45) is 0 Å². The molecule has 2 fully saturated rings. The number of carbonyl (C=O) groups is 2. The summed E-state index contributed by atoms with van der Waals surface area (Å²) in [4.78, 5) is 28.4. The number of amides is 2. The molecule has 0 bridgehead atoms. The first-order valence-corrected chi connectivity index (χ1v) is 8.18. The zero-order chi connectivity index (χ0) is 15.1. The molecule has 6 nitrogen and oxygen atoms in total. The van der Waals surface area contributed by atoms with Crippen LogP contribution in [-0.4, -0.2) is 73.5 Å². The highest BCUT2D eigenvalue weighted by Gasteiger charge is 2.24. The van der Waals surface area contributed by atoms with E-state index in [1.54, 1.807) is 6.92 Å². The lowest BCUT2D eigenvalue weighted by Gasteiger charge is -2.29. The summed E-state index contributed by atoms with van der Waals surface area (Å²) in [7, 11) is 0. The number of likely N-dealkylation sites (tertiary alicyclic amines) is 1. The second kappa shape index (κ2) is 8.34. The molecule has 1 unspecified atom stereocenters. The van der Waals surface area contributed by atoms with Crippen molar-refractivity contribution in [2.75, 3.05) is 45.8 Å². The van der Waals surface area contributed by atoms with E-state index in [0.717, 1.165) is 58.5 Å². The van der Waals surface area contributed by atoms with E-state index in [-0.39, 0.29) is 11.8 Å². The van der Waals surface area contributed by atoms with Crippen LogP contribution in [0.3, 0.4) is 0 Å². The molecule has 0 saturated carbocycles. The van der Waals surface area contributed by atoms with Gasteiger partial charge in [0.05, 0.1) is 6.54 Å². The van der Waals surface area contributed by atoms with Gasteiger partial charge in [-0.05, 0) is 45.7 Å². The molecule has 6 heteroatoms. The van der Waals surface area contributed by atoms with Crippen molar-refractivity contribution in [2.45, 2.75) is 38.6 Å². The van der Waals surface area contributed by atoms with Crippen LogP contribution < -0.4 is 10.6 Å². The normalized spacial score (nSPS) is 22.4. The van der Waals surface area contributed by atoms with Crippen LogP contribution in [0.5, 0.6) is 0 Å². The molecule has 0 radical (unpaired) electrons. The van der Waals surface area contributed by atoms with Gasteiger partial charge >= 0.3 is 0 Å². The third-order valence-electron chi connectivity index (χ3n) is 4.22. The second-order valence-corrected chi connectivity index (χ2v) is 6.05. The largest absolute Gasteiger partial charge is 0.343 e. The van der Waals surface area contributed by atoms with E-state index in [1.807, 2.05) is 4.90 Å². The number of piperidine rings is 1. The van der Waals surface area contributed by atoms with Gasteiger partial charge in [0, 0.05) is 26.2 Å². The molecule has 2 N–H and O–H groups in total. The Balaban J connectivity index is 1.74. The maximum Gasteiger partial charge on any atom is 0.244 e. The maximum absolute atomic E-state index is 12.3. The number of carbonyl (C=O) groups excluding carboxylic acids is 2. The first-order chi connectivity index (χ1) is 10.2. The molecule has 2 aliphatic heterocycles. The smallest absolute Gasteiger partial charge is 0.244 e. The highest BCUT2D eigenvalue weighted by Crippen LogP contribution is 2.09. The summed E-state index contributed by atoms with van der Waals surface area (Å²) in [5, 5.41) is 6.17. The number of nitrogens with zero attached hydrogens (tertiary/aromatic N) is 2. The van der Waals surface area contributed by atoms with Crippen LogP contribution in [0.1, 0.15) is 32.6 Å². The molecule has 2 rings (SSSR count). The second-order valence-electron chi connectivity index (χ2n) is 6.05. The lowest BCUT2D eigenvalue weighted by atomic mass is 10.1. The Kier molecular flexibility index (Phi) is 6.45. The van der Waals surface area contributed by atoms with Gasteiger partial charge < -0.3 is 15.5 Å². The molecule has 2 saturated heterocycles. The standard InChI is InChI=1S/C15H28N4O2/c1-13(15(21)19-9-3-2-4-10-19)17-14(20)12-18-8-5-6-16-7-11-18/h13,16H,2-12H2,1H3,(H,17,20). The molecule has 0 spiro atoms. The van der Waals surface area contributed by atoms with Crippen molar-refractivity contribution >= 4 is 11.8 Å². The fourth-order valence-electron chi connectivity index (χ4n) is 3.00. The van der Waals surface area contributed by atoms with Gasteiger partial charge in [0.1, 0.15) is 6.04 Å². The first kappa shape index (κ1) is 16.2. The van der Waals surface area contributed by atoms with E-state index in [2.05, 4.69) is 15.5 Å². The third-order valence-corrected chi connectivity index (χ3v) is 4.22. The van der Waals surface area contributed by atoms with Gasteiger partial charge in [-0.25, -0.2) is 0 Å². The molecule has 0 aliphatic carbocycles. The Morgan fingerprint density at radius 1 is 1.05 bits per heavy atom. The van der Waals surface area contributed by atoms with Gasteiger partial charge in [-0.15, -0.1) is 0 Å². The van der Waals surface area contributed by atoms with Crippen LogP contribution in [0, 0.1) is 0 Å². The number of rotatable bonds is 4. The monoisotopic (exact) mass is 296 g/mol. The summed E-state index contributed by atoms with van der Waals surface area (Å²) in [5.41, 5.74) is 0. The van der Waals surface area contributed by atoms with Gasteiger partial charge in [-0.3, -0.25) is 14.5 Å². The average molecular weight is 296 g/mol. The van der Waals surface area contributed by atoms with Crippen LogP contribution in [-0.2, 0) is 9.59 Å². The van der Waals surface area contributed by atoms with Crippen molar-refractivity contribution in [3.8, 4) is 0 Å². The van der Waals surface area contributed by atoms with E-state index in [9.17, 15) is 9.59 Å². The molecule has 120 valence electrons. The van der Waals surface area contributed by atoms with E-state index in [4.69, 9.17) is 0 Å². The van der Waals surface area contributed by atoms with Crippen molar-refractivity contribution in [3.05, 3.63) is 0 Å². The Morgan fingerprint density at radius 2 is 1.81 bits per heavy atom. The Hall–Kier alpha value is -1.14. The summed E-state index contributed by atoms with van der Waals surface area (Å²) in [6, 6.07) is -0.416. The van der Waals surface area contributed by atoms with E-state index < -0.39 is 6.04 Å². The minimum atomic E-state index is -0.416. The predicted molar refractivity (Wildman–Crippen MR) is 82.0 cm³/mol. The zero-order valence-corrected chi connectivity index (χ0v) is 13.1. The Morgan fingerprint density at radius 3 is 2.57 bits per heavy atom. The van der Waals surface area contributed by atoms with Crippen molar-refractivity contribution in [1.29, 1.82) is 0 Å². The summed E-state index contributed by atoms with van der Waals surface area (Å²) >= 11 is 0. The van der Waals surface area contributed by atoms with Gasteiger partial charge in [0.25, 0.3) is 0 Å². The van der Waals surface area contributed by atoms with Gasteiger partial charge in [0.2, 0.25) is 11.8 Å². The van der Waals surface area contributed by atoms with E-state index in [0.29, 0.717) is 6.54 Å². The molecule has 1 atom stereocenters. The maximum atomic E-state index is 12.3. The van der Waals surface area contributed by atoms with Gasteiger partial charge in [-0.1, -0.05) is 0 Å². The highest BCUT2D eigenvalue weighted by atomic mass is 16.2. The lowest BCUT2D eigenvalue weighted by Crippen LogP contribution is -2.50. The van der Waals surface area contributed by atoms with Crippen LogP contribution in [0.25, 0.3) is 0 Å². The summed E-state index contributed by atoms with van der Waals surface area (Å²) < 4.78 is 0. The molecule has 0 aromatic heterocycles. The predicted octanol–water partition coefficient (Wildman–Crippen LogP) is -0.201. The SMILES string of the molecule is CC(NC(=O)CN1CCCNCC1)C(=O)N1CCCCC1. The summed E-state index contributed by atoms with van der Waals surface area (Å²) in [6.07, 6.45) is 4.42. The van der Waals surface area contributed by atoms with Crippen molar-refractivity contribution < 1.29 is 9.59 Å². The number of hydrogen-bond donors (Lipinski definition) is 2. The molecule has 2 amide bonds. The molecular weight excluding hydrogens is 268 g/mol. The lowest BCUT2D eigenvalue weighted by molar-refractivity contribution is -0.137. The van der Waals surface area contributed by atoms with Crippen molar-refractivity contribution in [1.82, 2.24) is 20.4 Å². The minimum absolute atomic E-state index is 0.0465. The fraction of sp³-hybridized carbons (Fsp3) is 0.867. The van der Waals surface area contributed by atoms with Crippen LogP contribution in [0.4, 0.5) is 0 Å². The Bertz CT molecular complexity index is 348. The van der Waals surface area contributed by atoms with Crippen molar-refractivity contribution in [3.63, 3.8) is 0 Å². The quantitative estimate of drug-likeness (QED) is 0.754. The number of nitrogens with one attached hydrogen (secondary N) is 2. The molecule has 0 aromatic carbocycles. The molecule has 2 aliphatic rings. The first-order valence-electron chi connectivity index (χ1n) is 8.18. The summed E-state index contributed by atoms with van der Waals surface area (Å²) in [5.74, 6) is 0.00958. The zero-order valence-electron chi connectivity index (χ0n) is 13.1. The van der Waals surface area contributed by atoms with Gasteiger partial charge in [0.15, 0.2) is 0 Å². The molecular formula is C15H28N4O2. The van der Waals surface area contributed by atoms with E-state index >= 15 is 0 Å². The fourth-order valence-corrected chi connectivity index (χ4v) is 3.00.